The highest BCUT2D eigenvalue weighted by Gasteiger charge is 2.16. The molecular weight excluding hydrogens is 357 g/mol. The molecule has 2 aromatic carbocycles. The summed E-state index contributed by atoms with van der Waals surface area (Å²) in [5, 5.41) is 2.66. The maximum absolute atomic E-state index is 13.8. The highest BCUT2D eigenvalue weighted by molar-refractivity contribution is 7.90. The van der Waals surface area contributed by atoms with Gasteiger partial charge in [0.25, 0.3) is 5.91 Å². The number of hydrogen-bond acceptors (Lipinski definition) is 4. The molecular formula is C19H16FNO4S. The maximum Gasteiger partial charge on any atom is 0.291 e. The molecule has 1 aromatic heterocycles. The molecule has 1 heterocycles. The van der Waals surface area contributed by atoms with Gasteiger partial charge in [0.1, 0.15) is 11.6 Å². The quantitative estimate of drug-likeness (QED) is 0.748. The number of hydrogen-bond donors (Lipinski definition) is 1. The normalized spacial score (nSPS) is 11.3. The summed E-state index contributed by atoms with van der Waals surface area (Å²) < 4.78 is 42.4. The number of carbonyl (C=O) groups is 1. The molecule has 0 aliphatic heterocycles. The number of anilines is 1. The zero-order valence-corrected chi connectivity index (χ0v) is 14.9. The van der Waals surface area contributed by atoms with Crippen molar-refractivity contribution in [3.63, 3.8) is 0 Å². The number of rotatable bonds is 4. The van der Waals surface area contributed by atoms with Gasteiger partial charge >= 0.3 is 0 Å². The first-order valence-corrected chi connectivity index (χ1v) is 9.61. The lowest BCUT2D eigenvalue weighted by Gasteiger charge is -2.08. The van der Waals surface area contributed by atoms with Crippen molar-refractivity contribution in [2.45, 2.75) is 11.8 Å². The number of carbonyl (C=O) groups excluding carboxylic acids is 1. The van der Waals surface area contributed by atoms with E-state index in [9.17, 15) is 17.6 Å². The fraction of sp³-hybridized carbons (Fsp3) is 0.105. The lowest BCUT2D eigenvalue weighted by molar-refractivity contribution is 0.0997. The summed E-state index contributed by atoms with van der Waals surface area (Å²) >= 11 is 0. The summed E-state index contributed by atoms with van der Waals surface area (Å²) in [4.78, 5) is 12.5. The number of furan rings is 1. The van der Waals surface area contributed by atoms with Crippen LogP contribution >= 0.6 is 0 Å². The summed E-state index contributed by atoms with van der Waals surface area (Å²) in [5.41, 5.74) is 1.33. The second-order valence-electron chi connectivity index (χ2n) is 5.85. The molecule has 1 amide bonds. The van der Waals surface area contributed by atoms with Crippen LogP contribution in [0.1, 0.15) is 16.1 Å². The first kappa shape index (κ1) is 17.9. The van der Waals surface area contributed by atoms with Crippen LogP contribution in [0.4, 0.5) is 10.1 Å². The minimum absolute atomic E-state index is 0.0230. The Morgan fingerprint density at radius 3 is 2.46 bits per heavy atom. The van der Waals surface area contributed by atoms with Gasteiger partial charge < -0.3 is 9.73 Å². The van der Waals surface area contributed by atoms with Crippen LogP contribution in [0.25, 0.3) is 11.3 Å². The van der Waals surface area contributed by atoms with Crippen molar-refractivity contribution >= 4 is 21.4 Å². The third kappa shape index (κ3) is 3.67. The summed E-state index contributed by atoms with van der Waals surface area (Å²) in [6, 6.07) is 13.5. The van der Waals surface area contributed by atoms with Crippen LogP contribution < -0.4 is 5.32 Å². The molecule has 134 valence electrons. The van der Waals surface area contributed by atoms with Gasteiger partial charge in [0, 0.05) is 11.9 Å². The van der Waals surface area contributed by atoms with Crippen molar-refractivity contribution in [3.05, 3.63) is 71.7 Å². The van der Waals surface area contributed by atoms with E-state index in [1.165, 1.54) is 36.4 Å². The average molecular weight is 373 g/mol. The highest BCUT2D eigenvalue weighted by atomic mass is 32.2. The van der Waals surface area contributed by atoms with Gasteiger partial charge in [0.05, 0.1) is 10.5 Å². The standard InChI is InChI=1S/C19H16FNO4S/c1-12-11-13(26(2,23)24)7-8-16(12)21-19(22)18-10-9-17(25-18)14-5-3-4-6-15(14)20/h3-11H,1-2H3,(H,21,22). The van der Waals surface area contributed by atoms with E-state index in [1.807, 2.05) is 0 Å². The predicted octanol–water partition coefficient (Wildman–Crippen LogP) is 4.05. The number of amides is 1. The van der Waals surface area contributed by atoms with Crippen molar-refractivity contribution in [1.82, 2.24) is 0 Å². The minimum atomic E-state index is -3.32. The zero-order valence-electron chi connectivity index (χ0n) is 14.1. The van der Waals surface area contributed by atoms with E-state index in [0.717, 1.165) is 6.26 Å². The van der Waals surface area contributed by atoms with Crippen LogP contribution in [-0.4, -0.2) is 20.6 Å². The number of halogens is 1. The Morgan fingerprint density at radius 2 is 1.81 bits per heavy atom. The molecule has 26 heavy (non-hydrogen) atoms. The molecule has 7 heteroatoms. The van der Waals surface area contributed by atoms with Crippen molar-refractivity contribution in [1.29, 1.82) is 0 Å². The molecule has 0 radical (unpaired) electrons. The van der Waals surface area contributed by atoms with E-state index in [4.69, 9.17) is 4.42 Å². The highest BCUT2D eigenvalue weighted by Crippen LogP contribution is 2.26. The molecule has 0 fully saturated rings. The molecule has 0 aliphatic carbocycles. The Labute approximate surface area is 150 Å². The third-order valence-corrected chi connectivity index (χ3v) is 4.95. The lowest BCUT2D eigenvalue weighted by Crippen LogP contribution is -2.12. The van der Waals surface area contributed by atoms with E-state index in [-0.39, 0.29) is 22.0 Å². The van der Waals surface area contributed by atoms with Crippen LogP contribution in [-0.2, 0) is 9.84 Å². The maximum atomic E-state index is 13.8. The van der Waals surface area contributed by atoms with Crippen LogP contribution in [0.3, 0.4) is 0 Å². The summed E-state index contributed by atoms with van der Waals surface area (Å²) in [7, 11) is -3.32. The SMILES string of the molecule is Cc1cc(S(C)(=O)=O)ccc1NC(=O)c1ccc(-c2ccccc2F)o1. The fourth-order valence-corrected chi connectivity index (χ4v) is 3.16. The number of benzene rings is 2. The van der Waals surface area contributed by atoms with Gasteiger partial charge in [0.2, 0.25) is 0 Å². The molecule has 0 spiro atoms. The Kier molecular flexibility index (Phi) is 4.65. The van der Waals surface area contributed by atoms with Gasteiger partial charge in [0.15, 0.2) is 15.6 Å². The topological polar surface area (TPSA) is 76.4 Å². The molecule has 0 bridgehead atoms. The summed E-state index contributed by atoms with van der Waals surface area (Å²) in [5.74, 6) is -0.684. The molecule has 3 rings (SSSR count). The monoisotopic (exact) mass is 373 g/mol. The van der Waals surface area contributed by atoms with E-state index < -0.39 is 21.6 Å². The second kappa shape index (κ2) is 6.76. The van der Waals surface area contributed by atoms with Gasteiger partial charge in [-0.3, -0.25) is 4.79 Å². The van der Waals surface area contributed by atoms with Gasteiger partial charge in [-0.25, -0.2) is 12.8 Å². The molecule has 5 nitrogen and oxygen atoms in total. The number of nitrogens with one attached hydrogen (secondary N) is 1. The summed E-state index contributed by atoms with van der Waals surface area (Å²) in [6.07, 6.45) is 1.12. The van der Waals surface area contributed by atoms with Crippen molar-refractivity contribution < 1.29 is 22.0 Å². The molecule has 0 atom stereocenters. The second-order valence-corrected chi connectivity index (χ2v) is 7.86. The first-order chi connectivity index (χ1) is 12.3. The number of aryl methyl sites for hydroxylation is 1. The van der Waals surface area contributed by atoms with E-state index >= 15 is 0 Å². The largest absolute Gasteiger partial charge is 0.451 e. The van der Waals surface area contributed by atoms with Gasteiger partial charge in [-0.15, -0.1) is 0 Å². The molecule has 0 saturated heterocycles. The van der Waals surface area contributed by atoms with Crippen LogP contribution in [0.2, 0.25) is 0 Å². The molecule has 1 N–H and O–H groups in total. The van der Waals surface area contributed by atoms with Crippen LogP contribution in [0.5, 0.6) is 0 Å². The molecule has 0 saturated carbocycles. The Bertz CT molecular complexity index is 1090. The Balaban J connectivity index is 1.82. The molecule has 0 unspecified atom stereocenters. The minimum Gasteiger partial charge on any atom is -0.451 e. The lowest BCUT2D eigenvalue weighted by atomic mass is 10.1. The van der Waals surface area contributed by atoms with Crippen molar-refractivity contribution in [3.8, 4) is 11.3 Å². The van der Waals surface area contributed by atoms with Gasteiger partial charge in [-0.2, -0.15) is 0 Å². The average Bonchev–Trinajstić information content (AvgIpc) is 3.06. The third-order valence-electron chi connectivity index (χ3n) is 3.84. The fourth-order valence-electron chi connectivity index (χ4n) is 2.46. The smallest absolute Gasteiger partial charge is 0.291 e. The predicted molar refractivity (Wildman–Crippen MR) is 96.3 cm³/mol. The van der Waals surface area contributed by atoms with Gasteiger partial charge in [-0.05, 0) is 55.0 Å². The molecule has 0 aliphatic rings. The van der Waals surface area contributed by atoms with Crippen LogP contribution in [0, 0.1) is 12.7 Å². The zero-order chi connectivity index (χ0) is 18.9. The summed E-state index contributed by atoms with van der Waals surface area (Å²) in [6.45, 7) is 1.69. The molecule has 3 aromatic rings. The van der Waals surface area contributed by atoms with E-state index in [1.54, 1.807) is 25.1 Å². The van der Waals surface area contributed by atoms with Crippen molar-refractivity contribution in [2.75, 3.05) is 11.6 Å². The van der Waals surface area contributed by atoms with Crippen molar-refractivity contribution in [2.24, 2.45) is 0 Å². The number of sulfone groups is 1. The Morgan fingerprint density at radius 1 is 1.08 bits per heavy atom. The van der Waals surface area contributed by atoms with E-state index in [2.05, 4.69) is 5.32 Å². The van der Waals surface area contributed by atoms with E-state index in [0.29, 0.717) is 11.3 Å². The van der Waals surface area contributed by atoms with Gasteiger partial charge in [-0.1, -0.05) is 12.1 Å². The van der Waals surface area contributed by atoms with Crippen LogP contribution in [0.15, 0.2) is 63.9 Å². The first-order valence-electron chi connectivity index (χ1n) is 7.72. The Hall–Kier alpha value is -2.93.